The van der Waals surface area contributed by atoms with E-state index in [0.717, 1.165) is 6.29 Å². The molecule has 5 nitrogen and oxygen atoms in total. The van der Waals surface area contributed by atoms with Gasteiger partial charge in [0.05, 0.1) is 0 Å². The lowest BCUT2D eigenvalue weighted by molar-refractivity contribution is -0.335. The Bertz CT molecular complexity index is 249. The van der Waals surface area contributed by atoms with Gasteiger partial charge < -0.3 is 9.53 Å². The third kappa shape index (κ3) is 2.25. The molecule has 0 aromatic rings. The van der Waals surface area contributed by atoms with E-state index < -0.39 is 11.6 Å². The van der Waals surface area contributed by atoms with Crippen LogP contribution < -0.4 is 0 Å². The Hall–Kier alpha value is -0.960. The van der Waals surface area contributed by atoms with E-state index in [0.29, 0.717) is 12.8 Å². The Morgan fingerprint density at radius 3 is 2.62 bits per heavy atom. The molecule has 1 heterocycles. The molecule has 1 fully saturated rings. The summed E-state index contributed by atoms with van der Waals surface area (Å²) >= 11 is 0. The maximum Gasteiger partial charge on any atom is 0.289 e. The predicted octanol–water partition coefficient (Wildman–Crippen LogP) is 0.900. The van der Waals surface area contributed by atoms with Crippen LogP contribution in [0.25, 0.3) is 0 Å². The molecule has 72 valence electrons. The fourth-order valence-electron chi connectivity index (χ4n) is 1.07. The van der Waals surface area contributed by atoms with Crippen molar-refractivity contribution in [3.05, 3.63) is 0 Å². The number of carbonyl (C=O) groups excluding carboxylic acids is 1. The van der Waals surface area contributed by atoms with E-state index >= 15 is 0 Å². The van der Waals surface area contributed by atoms with E-state index in [1.807, 2.05) is 6.07 Å². The van der Waals surface area contributed by atoms with Crippen LogP contribution in [0.4, 0.5) is 0 Å². The van der Waals surface area contributed by atoms with Crippen LogP contribution in [0, 0.1) is 11.3 Å². The molecule has 0 bridgehead atoms. The minimum atomic E-state index is -1.36. The largest absolute Gasteiger partial charge is 0.303 e. The Morgan fingerprint density at radius 1 is 1.46 bits per heavy atom. The minimum Gasteiger partial charge on any atom is -0.303 e. The maximum absolute atomic E-state index is 10.1. The first-order chi connectivity index (χ1) is 6.04. The topological polar surface area (TPSA) is 68.5 Å². The van der Waals surface area contributed by atoms with Crippen molar-refractivity contribution in [3.8, 4) is 6.07 Å². The van der Waals surface area contributed by atoms with Crippen molar-refractivity contribution in [3.63, 3.8) is 0 Å². The Labute approximate surface area is 76.1 Å². The molecule has 1 aliphatic heterocycles. The van der Waals surface area contributed by atoms with Gasteiger partial charge in [0.15, 0.2) is 0 Å². The second-order valence-corrected chi connectivity index (χ2v) is 3.17. The van der Waals surface area contributed by atoms with Gasteiger partial charge in [-0.3, -0.25) is 0 Å². The molecule has 13 heavy (non-hydrogen) atoms. The van der Waals surface area contributed by atoms with E-state index in [1.165, 1.54) is 6.92 Å². The molecule has 0 N–H and O–H groups in total. The van der Waals surface area contributed by atoms with Crippen LogP contribution in [0.5, 0.6) is 0 Å². The van der Waals surface area contributed by atoms with Crippen LogP contribution in [-0.2, 0) is 19.3 Å². The number of nitrogens with zero attached hydrogens (tertiary/aromatic N) is 1. The molecule has 0 spiro atoms. The van der Waals surface area contributed by atoms with E-state index in [-0.39, 0.29) is 0 Å². The van der Waals surface area contributed by atoms with Gasteiger partial charge in [0, 0.05) is 19.8 Å². The molecule has 5 heteroatoms. The van der Waals surface area contributed by atoms with Gasteiger partial charge >= 0.3 is 0 Å². The zero-order valence-electron chi connectivity index (χ0n) is 7.57. The van der Waals surface area contributed by atoms with Gasteiger partial charge in [0.25, 0.3) is 5.79 Å². The van der Waals surface area contributed by atoms with Crippen molar-refractivity contribution >= 4 is 6.29 Å². The van der Waals surface area contributed by atoms with Crippen molar-refractivity contribution in [1.82, 2.24) is 0 Å². The fraction of sp³-hybridized carbons (Fsp3) is 0.750. The summed E-state index contributed by atoms with van der Waals surface area (Å²) in [5.41, 5.74) is 0. The number of nitriles is 1. The van der Waals surface area contributed by atoms with Crippen molar-refractivity contribution < 1.29 is 19.3 Å². The van der Waals surface area contributed by atoms with Gasteiger partial charge in [-0.05, 0) is 6.92 Å². The lowest BCUT2D eigenvalue weighted by Crippen LogP contribution is -2.31. The van der Waals surface area contributed by atoms with Crippen molar-refractivity contribution in [2.24, 2.45) is 0 Å². The average Bonchev–Trinajstić information content (AvgIpc) is 2.41. The van der Waals surface area contributed by atoms with E-state index in [4.69, 9.17) is 19.8 Å². The summed E-state index contributed by atoms with van der Waals surface area (Å²) in [6.07, 6.45) is 1.44. The Balaban J connectivity index is 2.56. The first kappa shape index (κ1) is 10.1. The fourth-order valence-corrected chi connectivity index (χ4v) is 1.07. The maximum atomic E-state index is 10.1. The summed E-state index contributed by atoms with van der Waals surface area (Å²) in [5.74, 6) is -2.36. The van der Waals surface area contributed by atoms with Gasteiger partial charge in [-0.2, -0.15) is 15.0 Å². The molecule has 0 aromatic heterocycles. The van der Waals surface area contributed by atoms with Crippen molar-refractivity contribution in [2.45, 2.75) is 38.3 Å². The van der Waals surface area contributed by atoms with Crippen LogP contribution in [-0.4, -0.2) is 17.9 Å². The molecule has 1 rings (SSSR count). The van der Waals surface area contributed by atoms with Crippen molar-refractivity contribution in [2.75, 3.05) is 0 Å². The van der Waals surface area contributed by atoms with Crippen molar-refractivity contribution in [1.29, 1.82) is 5.26 Å². The lowest BCUT2D eigenvalue weighted by atomic mass is 10.2. The van der Waals surface area contributed by atoms with Gasteiger partial charge in [-0.15, -0.1) is 0 Å². The quantitative estimate of drug-likeness (QED) is 0.482. The lowest BCUT2D eigenvalue weighted by Gasteiger charge is -2.18. The van der Waals surface area contributed by atoms with Crippen LogP contribution in [0.3, 0.4) is 0 Å². The van der Waals surface area contributed by atoms with Crippen LogP contribution >= 0.6 is 0 Å². The monoisotopic (exact) mass is 185 g/mol. The van der Waals surface area contributed by atoms with E-state index in [9.17, 15) is 4.79 Å². The molecule has 1 saturated heterocycles. The summed E-state index contributed by atoms with van der Waals surface area (Å²) in [6.45, 7) is 3.08. The zero-order chi connectivity index (χ0) is 9.95. The summed E-state index contributed by atoms with van der Waals surface area (Å²) in [5, 5.41) is 8.63. The highest BCUT2D eigenvalue weighted by Crippen LogP contribution is 2.34. The molecule has 0 amide bonds. The van der Waals surface area contributed by atoms with Gasteiger partial charge in [0.2, 0.25) is 5.79 Å². The second-order valence-electron chi connectivity index (χ2n) is 3.17. The predicted molar refractivity (Wildman–Crippen MR) is 41.0 cm³/mol. The molecule has 0 radical (unpaired) electrons. The molecule has 0 aromatic carbocycles. The molecule has 1 aliphatic rings. The van der Waals surface area contributed by atoms with Crippen LogP contribution in [0.15, 0.2) is 0 Å². The normalized spacial score (nSPS) is 38.5. The molecule has 0 saturated carbocycles. The van der Waals surface area contributed by atoms with Gasteiger partial charge in [0.1, 0.15) is 12.4 Å². The molecule has 0 aliphatic carbocycles. The molecule has 2 atom stereocenters. The highest BCUT2D eigenvalue weighted by atomic mass is 17.3. The summed E-state index contributed by atoms with van der Waals surface area (Å²) in [6, 6.07) is 1.81. The molecule has 2 unspecified atom stereocenters. The Morgan fingerprint density at radius 2 is 2.15 bits per heavy atom. The smallest absolute Gasteiger partial charge is 0.289 e. The number of rotatable bonds is 3. The minimum absolute atomic E-state index is 0.307. The summed E-state index contributed by atoms with van der Waals surface area (Å²) in [4.78, 5) is 19.7. The average molecular weight is 185 g/mol. The number of ether oxygens (including phenoxy) is 1. The number of carbonyl (C=O) groups is 1. The van der Waals surface area contributed by atoms with Gasteiger partial charge in [-0.1, -0.05) is 0 Å². The standard InChI is InChI=1S/C8H11NO4/c1-7(4-3-5-10)11-8(2,6-9)13-12-7/h5H,3-4H2,1-2H3. The third-order valence-electron chi connectivity index (χ3n) is 1.71. The number of hydrogen-bond acceptors (Lipinski definition) is 5. The highest BCUT2D eigenvalue weighted by Gasteiger charge is 2.47. The first-order valence-electron chi connectivity index (χ1n) is 3.95. The van der Waals surface area contributed by atoms with Crippen LogP contribution in [0.1, 0.15) is 26.7 Å². The molecular formula is C8H11NO4. The number of hydrogen-bond donors (Lipinski definition) is 0. The van der Waals surface area contributed by atoms with Gasteiger partial charge in [-0.25, -0.2) is 0 Å². The number of aldehydes is 1. The zero-order valence-corrected chi connectivity index (χ0v) is 7.57. The molecular weight excluding hydrogens is 174 g/mol. The Kier molecular flexibility index (Phi) is 2.66. The third-order valence-corrected chi connectivity index (χ3v) is 1.71. The summed E-state index contributed by atoms with van der Waals surface area (Å²) in [7, 11) is 0. The highest BCUT2D eigenvalue weighted by molar-refractivity contribution is 5.49. The second kappa shape index (κ2) is 3.42. The van der Waals surface area contributed by atoms with Crippen LogP contribution in [0.2, 0.25) is 0 Å². The SMILES string of the molecule is CC1(C#N)OOC(C)(CCC=O)O1. The summed E-state index contributed by atoms with van der Waals surface area (Å²) < 4.78 is 5.22. The van der Waals surface area contributed by atoms with E-state index in [1.54, 1.807) is 6.92 Å². The first-order valence-corrected chi connectivity index (χ1v) is 3.95. The van der Waals surface area contributed by atoms with E-state index in [2.05, 4.69) is 0 Å².